The van der Waals surface area contributed by atoms with Crippen LogP contribution in [-0.2, 0) is 0 Å². The Morgan fingerprint density at radius 3 is 2.70 bits per heavy atom. The average molecular weight is 275 g/mol. The number of pyridine rings is 1. The normalized spacial score (nSPS) is 10.1. The van der Waals surface area contributed by atoms with E-state index in [9.17, 15) is 19.3 Å². The van der Waals surface area contributed by atoms with Crippen LogP contribution < -0.4 is 5.32 Å². The first-order valence-corrected chi connectivity index (χ1v) is 5.65. The Kier molecular flexibility index (Phi) is 3.69. The molecule has 0 aliphatic carbocycles. The van der Waals surface area contributed by atoms with E-state index in [2.05, 4.69) is 10.3 Å². The number of benzene rings is 1. The number of aryl methyl sites for hydroxylation is 1. The predicted molar refractivity (Wildman–Crippen MR) is 70.0 cm³/mol. The smallest absolute Gasteiger partial charge is 0.273 e. The van der Waals surface area contributed by atoms with Crippen LogP contribution in [-0.4, -0.2) is 15.8 Å². The van der Waals surface area contributed by atoms with Crippen molar-refractivity contribution < 1.29 is 14.1 Å². The average Bonchev–Trinajstić information content (AvgIpc) is 2.41. The van der Waals surface area contributed by atoms with E-state index in [1.807, 2.05) is 0 Å². The number of nitro groups is 1. The highest BCUT2D eigenvalue weighted by Crippen LogP contribution is 2.20. The summed E-state index contributed by atoms with van der Waals surface area (Å²) in [6.45, 7) is 1.59. The Morgan fingerprint density at radius 1 is 1.35 bits per heavy atom. The Morgan fingerprint density at radius 2 is 2.10 bits per heavy atom. The largest absolute Gasteiger partial charge is 0.321 e. The molecular weight excluding hydrogens is 265 g/mol. The molecule has 0 radical (unpaired) electrons. The molecule has 1 N–H and O–H groups in total. The van der Waals surface area contributed by atoms with Crippen LogP contribution in [0.5, 0.6) is 0 Å². The predicted octanol–water partition coefficient (Wildman–Crippen LogP) is 2.69. The van der Waals surface area contributed by atoms with Crippen LogP contribution >= 0.6 is 0 Å². The van der Waals surface area contributed by atoms with Crippen LogP contribution in [0.1, 0.15) is 15.9 Å². The van der Waals surface area contributed by atoms with Crippen LogP contribution in [0.15, 0.2) is 36.5 Å². The fourth-order valence-corrected chi connectivity index (χ4v) is 1.60. The lowest BCUT2D eigenvalue weighted by atomic mass is 10.1. The van der Waals surface area contributed by atoms with E-state index in [4.69, 9.17) is 0 Å². The van der Waals surface area contributed by atoms with Crippen molar-refractivity contribution >= 4 is 17.3 Å². The van der Waals surface area contributed by atoms with Gasteiger partial charge in [0.25, 0.3) is 11.6 Å². The van der Waals surface area contributed by atoms with E-state index in [0.29, 0.717) is 11.3 Å². The van der Waals surface area contributed by atoms with E-state index in [0.717, 1.165) is 12.3 Å². The first kappa shape index (κ1) is 13.6. The third kappa shape index (κ3) is 2.94. The van der Waals surface area contributed by atoms with Gasteiger partial charge in [-0.3, -0.25) is 14.9 Å². The minimum Gasteiger partial charge on any atom is -0.321 e. The minimum absolute atomic E-state index is 0.130. The Labute approximate surface area is 113 Å². The summed E-state index contributed by atoms with van der Waals surface area (Å²) in [6.07, 6.45) is 1.16. The summed E-state index contributed by atoms with van der Waals surface area (Å²) in [5.41, 5.74) is 0.788. The van der Waals surface area contributed by atoms with E-state index >= 15 is 0 Å². The molecule has 6 nitrogen and oxygen atoms in total. The van der Waals surface area contributed by atoms with Gasteiger partial charge >= 0.3 is 0 Å². The fourth-order valence-electron chi connectivity index (χ4n) is 1.60. The lowest BCUT2D eigenvalue weighted by Gasteiger charge is -2.05. The van der Waals surface area contributed by atoms with Crippen molar-refractivity contribution in [2.75, 3.05) is 5.32 Å². The molecule has 1 aromatic heterocycles. The highest BCUT2D eigenvalue weighted by Gasteiger charge is 2.15. The van der Waals surface area contributed by atoms with E-state index in [1.54, 1.807) is 6.92 Å². The van der Waals surface area contributed by atoms with Gasteiger partial charge in [-0.05, 0) is 25.1 Å². The third-order valence-corrected chi connectivity index (χ3v) is 2.65. The fraction of sp³-hybridized carbons (Fsp3) is 0.0769. The summed E-state index contributed by atoms with van der Waals surface area (Å²) in [6, 6.07) is 6.63. The van der Waals surface area contributed by atoms with Crippen molar-refractivity contribution in [2.45, 2.75) is 6.92 Å². The van der Waals surface area contributed by atoms with Gasteiger partial charge in [-0.2, -0.15) is 4.39 Å². The van der Waals surface area contributed by atoms with Crippen molar-refractivity contribution in [1.29, 1.82) is 0 Å². The second kappa shape index (κ2) is 5.43. The molecule has 0 atom stereocenters. The summed E-state index contributed by atoms with van der Waals surface area (Å²) < 4.78 is 12.6. The summed E-state index contributed by atoms with van der Waals surface area (Å²) in [7, 11) is 0. The monoisotopic (exact) mass is 275 g/mol. The first-order chi connectivity index (χ1) is 9.47. The molecule has 0 saturated heterocycles. The molecule has 0 bridgehead atoms. The van der Waals surface area contributed by atoms with Crippen LogP contribution in [0.4, 0.5) is 15.8 Å². The molecule has 102 valence electrons. The standard InChI is InChI=1S/C13H10FN3O3/c1-8-2-3-9(6-11(8)17(19)20)13(18)16-10-4-5-12(14)15-7-10/h2-7H,1H3,(H,16,18). The molecule has 7 heteroatoms. The van der Waals surface area contributed by atoms with Gasteiger partial charge < -0.3 is 5.32 Å². The van der Waals surface area contributed by atoms with Crippen LogP contribution in [0.3, 0.4) is 0 Å². The zero-order valence-corrected chi connectivity index (χ0v) is 10.5. The molecule has 20 heavy (non-hydrogen) atoms. The topological polar surface area (TPSA) is 85.1 Å². The van der Waals surface area contributed by atoms with E-state index < -0.39 is 16.8 Å². The van der Waals surface area contributed by atoms with Gasteiger partial charge in [-0.15, -0.1) is 0 Å². The number of nitrogens with zero attached hydrogens (tertiary/aromatic N) is 2. The van der Waals surface area contributed by atoms with Gasteiger partial charge in [0.1, 0.15) is 0 Å². The Hall–Kier alpha value is -2.83. The number of nitro benzene ring substituents is 1. The number of aromatic nitrogens is 1. The number of hydrogen-bond acceptors (Lipinski definition) is 4. The maximum atomic E-state index is 12.6. The highest BCUT2D eigenvalue weighted by atomic mass is 19.1. The number of anilines is 1. The molecule has 2 rings (SSSR count). The van der Waals surface area contributed by atoms with Gasteiger partial charge in [0.15, 0.2) is 0 Å². The number of hydrogen-bond donors (Lipinski definition) is 1. The molecule has 0 fully saturated rings. The third-order valence-electron chi connectivity index (χ3n) is 2.65. The van der Waals surface area contributed by atoms with Crippen molar-refractivity contribution in [3.63, 3.8) is 0 Å². The summed E-state index contributed by atoms with van der Waals surface area (Å²) >= 11 is 0. The highest BCUT2D eigenvalue weighted by molar-refractivity contribution is 6.04. The quantitative estimate of drug-likeness (QED) is 0.530. The van der Waals surface area contributed by atoms with Crippen molar-refractivity contribution in [2.24, 2.45) is 0 Å². The molecule has 0 aliphatic heterocycles. The maximum Gasteiger partial charge on any atom is 0.273 e. The van der Waals surface area contributed by atoms with Gasteiger partial charge in [0.2, 0.25) is 5.95 Å². The SMILES string of the molecule is Cc1ccc(C(=O)Nc2ccc(F)nc2)cc1[N+](=O)[O-]. The van der Waals surface area contributed by atoms with Gasteiger partial charge in [0.05, 0.1) is 16.8 Å². The van der Waals surface area contributed by atoms with E-state index in [-0.39, 0.29) is 11.3 Å². The number of rotatable bonds is 3. The van der Waals surface area contributed by atoms with Crippen LogP contribution in [0.25, 0.3) is 0 Å². The number of halogens is 1. The summed E-state index contributed by atoms with van der Waals surface area (Å²) in [5, 5.41) is 13.3. The molecule has 0 aliphatic rings. The van der Waals surface area contributed by atoms with Crippen LogP contribution in [0, 0.1) is 23.0 Å². The number of carbonyl (C=O) groups is 1. The minimum atomic E-state index is -0.658. The number of amides is 1. The first-order valence-electron chi connectivity index (χ1n) is 5.65. The molecular formula is C13H10FN3O3. The zero-order chi connectivity index (χ0) is 14.7. The Balaban J connectivity index is 2.23. The summed E-state index contributed by atoms with van der Waals surface area (Å²) in [5.74, 6) is -1.18. The number of nitrogens with one attached hydrogen (secondary N) is 1. The molecule has 0 saturated carbocycles. The van der Waals surface area contributed by atoms with Crippen molar-refractivity contribution in [3.8, 4) is 0 Å². The molecule has 0 spiro atoms. The lowest BCUT2D eigenvalue weighted by Crippen LogP contribution is -2.12. The van der Waals surface area contributed by atoms with Crippen LogP contribution in [0.2, 0.25) is 0 Å². The van der Waals surface area contributed by atoms with Gasteiger partial charge in [0, 0.05) is 17.2 Å². The van der Waals surface area contributed by atoms with Crippen molar-refractivity contribution in [3.05, 3.63) is 63.7 Å². The second-order valence-electron chi connectivity index (χ2n) is 4.08. The lowest BCUT2D eigenvalue weighted by molar-refractivity contribution is -0.385. The molecule has 2 aromatic rings. The zero-order valence-electron chi connectivity index (χ0n) is 10.5. The second-order valence-corrected chi connectivity index (χ2v) is 4.08. The summed E-state index contributed by atoms with van der Waals surface area (Å²) in [4.78, 5) is 25.6. The van der Waals surface area contributed by atoms with E-state index in [1.165, 1.54) is 24.3 Å². The van der Waals surface area contributed by atoms with Gasteiger partial charge in [-0.25, -0.2) is 4.98 Å². The van der Waals surface area contributed by atoms with Gasteiger partial charge in [-0.1, -0.05) is 6.07 Å². The van der Waals surface area contributed by atoms with Crippen molar-refractivity contribution in [1.82, 2.24) is 4.98 Å². The molecule has 1 heterocycles. The molecule has 1 amide bonds. The number of carbonyl (C=O) groups excluding carboxylic acids is 1. The Bertz CT molecular complexity index is 671. The molecule has 1 aromatic carbocycles. The molecule has 0 unspecified atom stereocenters. The maximum absolute atomic E-state index is 12.6.